The van der Waals surface area contributed by atoms with E-state index in [1.54, 1.807) is 0 Å². The van der Waals surface area contributed by atoms with Gasteiger partial charge in [0.2, 0.25) is 23.6 Å². The average molecular weight is 1250 g/mol. The van der Waals surface area contributed by atoms with Gasteiger partial charge in [-0.15, -0.1) is 5.06 Å². The van der Waals surface area contributed by atoms with Crippen LogP contribution in [0.2, 0.25) is 0 Å². The molecule has 17 N–H and O–H groups in total. The molecule has 0 aromatic carbocycles. The van der Waals surface area contributed by atoms with E-state index in [-0.39, 0.29) is 83.0 Å². The van der Waals surface area contributed by atoms with E-state index in [4.69, 9.17) is 42.7 Å². The lowest BCUT2D eigenvalue weighted by molar-refractivity contribution is -0.366. The summed E-state index contributed by atoms with van der Waals surface area (Å²) in [6.07, 6.45) is -29.5. The third kappa shape index (κ3) is 21.4. The molecule has 5 fully saturated rings. The fourth-order valence-corrected chi connectivity index (χ4v) is 9.76. The number of amides is 6. The number of nitrogens with one attached hydrogen (secondary N) is 4. The summed E-state index contributed by atoms with van der Waals surface area (Å²) in [7, 11) is 0. The number of hydroxylamine groups is 2. The van der Waals surface area contributed by atoms with E-state index < -0.39 is 185 Å². The Morgan fingerprint density at radius 2 is 0.977 bits per heavy atom. The molecule has 0 saturated carbocycles. The van der Waals surface area contributed by atoms with Gasteiger partial charge in [-0.25, -0.2) is 4.79 Å². The number of nitrogens with zero attached hydrogens (tertiary/aromatic N) is 1. The molecule has 34 nitrogen and oxygen atoms in total. The standard InChI is InChI=1S/C52H87N5O29/c1-25-36(66)40(70)43(73)49(81-25)78-20-18-54-31(61)12-7-6-11-30(60)53-17-9-8-10-26(56-32(62)13-4-2-3-5-14-35(65)86-57-33(63)15-16-34(57)64)48(77)55-19-21-79-51-46(76)47(85-52-45(75)42(72)38(68)28(23-59)83-52)39(69)29(84-51)24-80-50-44(74)41(71)37(67)27(22-58)82-50/h25-29,36-47,49-52,58-59,66-76H,2-24H2,1H3,(H,53,60)(H,54,61)(H,55,77)(H,56,62)/t25-,26-,27+,28+,29+,36+,37+,38+,39+,40+,41-,42-,43-,44-,45-,46-,47-,49+,50-,51-,52+/m0/s1. The minimum absolute atomic E-state index is 0.0187. The molecule has 5 aliphatic rings. The van der Waals surface area contributed by atoms with Crippen LogP contribution in [0.15, 0.2) is 0 Å². The Balaban J connectivity index is 1.10. The number of unbranched alkanes of at least 4 members (excludes halogenated alkanes) is 5. The normalized spacial score (nSPS) is 34.3. The first-order valence-corrected chi connectivity index (χ1v) is 29.0. The number of imide groups is 1. The van der Waals surface area contributed by atoms with E-state index in [1.165, 1.54) is 6.92 Å². The summed E-state index contributed by atoms with van der Waals surface area (Å²) in [4.78, 5) is 92.4. The maximum atomic E-state index is 13.7. The summed E-state index contributed by atoms with van der Waals surface area (Å²) in [6, 6.07) is -1.12. The van der Waals surface area contributed by atoms with Crippen LogP contribution in [-0.2, 0) is 76.3 Å². The summed E-state index contributed by atoms with van der Waals surface area (Å²) in [6.45, 7) is -1.35. The average Bonchev–Trinajstić information content (AvgIpc) is 3.03. The Morgan fingerprint density at radius 1 is 0.500 bits per heavy atom. The summed E-state index contributed by atoms with van der Waals surface area (Å²) in [5, 5.41) is 146. The molecule has 34 heteroatoms. The molecule has 5 aliphatic heterocycles. The second-order valence-electron chi connectivity index (χ2n) is 21.5. The molecule has 0 radical (unpaired) electrons. The molecule has 6 amide bonds. The molecule has 5 rings (SSSR count). The summed E-state index contributed by atoms with van der Waals surface area (Å²) < 4.78 is 44.4. The van der Waals surface area contributed by atoms with Gasteiger partial charge in [0, 0.05) is 58.2 Å². The van der Waals surface area contributed by atoms with Crippen molar-refractivity contribution in [1.29, 1.82) is 0 Å². The van der Waals surface area contributed by atoms with Gasteiger partial charge >= 0.3 is 5.97 Å². The zero-order chi connectivity index (χ0) is 63.2. The fourth-order valence-electron chi connectivity index (χ4n) is 9.76. The molecule has 0 aromatic rings. The molecule has 494 valence electrons. The first kappa shape index (κ1) is 72.4. The van der Waals surface area contributed by atoms with Crippen LogP contribution in [0.4, 0.5) is 0 Å². The molecule has 5 saturated heterocycles. The Hall–Kier alpha value is -4.35. The fraction of sp³-hybridized carbons (Fsp3) is 0.865. The SMILES string of the molecule is C[C@@H]1O[C@@H](OCCNC(=O)CCCCC(=O)NCCCC[C@H](NC(=O)CCCCCCC(=O)ON2C(=O)CCC2=O)C(=O)NCCO[C@H]2O[C@H](CO[C@H]3O[C@H](CO)[C@@H](O)[C@H](O)[C@@H]3O)[C@@H](O)[C@H](O[C@H]3O[C@H](CO)[C@@H](O)[C@H](O)[C@@H]3O)[C@@H]2O)[C@@H](O)[C@H](O)[C@@H]1O. The van der Waals surface area contributed by atoms with Crippen LogP contribution >= 0.6 is 0 Å². The van der Waals surface area contributed by atoms with Crippen molar-refractivity contribution in [3.8, 4) is 0 Å². The Morgan fingerprint density at radius 3 is 1.57 bits per heavy atom. The maximum absolute atomic E-state index is 13.7. The summed E-state index contributed by atoms with van der Waals surface area (Å²) in [5.74, 6) is -3.72. The van der Waals surface area contributed by atoms with Crippen molar-refractivity contribution >= 4 is 41.4 Å². The predicted octanol–water partition coefficient (Wildman–Crippen LogP) is -8.19. The Labute approximate surface area is 494 Å². The number of rotatable bonds is 35. The highest BCUT2D eigenvalue weighted by atomic mass is 16.8. The van der Waals surface area contributed by atoms with Crippen LogP contribution in [0.3, 0.4) is 0 Å². The smallest absolute Gasteiger partial charge is 0.333 e. The number of aliphatic hydroxyl groups is 13. The van der Waals surface area contributed by atoms with Gasteiger partial charge in [-0.1, -0.05) is 12.8 Å². The minimum Gasteiger partial charge on any atom is -0.394 e. The molecule has 21 atom stereocenters. The molecular weight excluding hydrogens is 1160 g/mol. The Bertz CT molecular complexity index is 2120. The first-order chi connectivity index (χ1) is 41.0. The lowest BCUT2D eigenvalue weighted by Gasteiger charge is -2.46. The van der Waals surface area contributed by atoms with Crippen LogP contribution in [0, 0.1) is 0 Å². The van der Waals surface area contributed by atoms with Crippen LogP contribution < -0.4 is 21.3 Å². The lowest BCUT2D eigenvalue weighted by Crippen LogP contribution is -2.65. The van der Waals surface area contributed by atoms with E-state index >= 15 is 0 Å². The van der Waals surface area contributed by atoms with Crippen molar-refractivity contribution in [2.24, 2.45) is 0 Å². The molecule has 0 aliphatic carbocycles. The maximum Gasteiger partial charge on any atom is 0.333 e. The van der Waals surface area contributed by atoms with E-state index in [1.807, 2.05) is 0 Å². The van der Waals surface area contributed by atoms with Crippen LogP contribution in [-0.4, -0.2) is 294 Å². The van der Waals surface area contributed by atoms with Crippen molar-refractivity contribution in [2.45, 2.75) is 232 Å². The molecule has 0 spiro atoms. The van der Waals surface area contributed by atoms with Crippen LogP contribution in [0.25, 0.3) is 0 Å². The number of ether oxygens (including phenoxy) is 8. The predicted molar refractivity (Wildman–Crippen MR) is 281 cm³/mol. The van der Waals surface area contributed by atoms with Gasteiger partial charge in [0.15, 0.2) is 25.2 Å². The quantitative estimate of drug-likeness (QED) is 0.0207. The van der Waals surface area contributed by atoms with Crippen molar-refractivity contribution in [2.75, 3.05) is 52.7 Å². The molecule has 0 bridgehead atoms. The van der Waals surface area contributed by atoms with E-state index in [0.717, 1.165) is 0 Å². The van der Waals surface area contributed by atoms with Gasteiger partial charge in [-0.05, 0) is 51.9 Å². The molecule has 5 heterocycles. The van der Waals surface area contributed by atoms with Crippen molar-refractivity contribution in [3.63, 3.8) is 0 Å². The second kappa shape index (κ2) is 36.3. The summed E-state index contributed by atoms with van der Waals surface area (Å²) in [5.41, 5.74) is 0. The zero-order valence-corrected chi connectivity index (χ0v) is 47.7. The Kier molecular flexibility index (Phi) is 30.6. The van der Waals surface area contributed by atoms with Crippen LogP contribution in [0.5, 0.6) is 0 Å². The van der Waals surface area contributed by atoms with Gasteiger partial charge in [-0.3, -0.25) is 28.8 Å². The van der Waals surface area contributed by atoms with Crippen LogP contribution in [0.1, 0.15) is 103 Å². The van der Waals surface area contributed by atoms with Crippen molar-refractivity contribution in [1.82, 2.24) is 26.3 Å². The van der Waals surface area contributed by atoms with Crippen molar-refractivity contribution in [3.05, 3.63) is 0 Å². The molecule has 0 unspecified atom stereocenters. The molecular formula is C52H87N5O29. The molecule has 0 aromatic heterocycles. The third-order valence-electron chi connectivity index (χ3n) is 14.9. The number of hydrogen-bond donors (Lipinski definition) is 17. The highest BCUT2D eigenvalue weighted by molar-refractivity contribution is 6.01. The zero-order valence-electron chi connectivity index (χ0n) is 47.7. The van der Waals surface area contributed by atoms with Gasteiger partial charge in [0.1, 0.15) is 97.6 Å². The number of hydrogen-bond acceptors (Lipinski definition) is 29. The van der Waals surface area contributed by atoms with E-state index in [0.29, 0.717) is 56.4 Å². The first-order valence-electron chi connectivity index (χ1n) is 29.0. The number of carbonyl (C=O) groups excluding carboxylic acids is 7. The van der Waals surface area contributed by atoms with E-state index in [9.17, 15) is 99.9 Å². The monoisotopic (exact) mass is 1250 g/mol. The van der Waals surface area contributed by atoms with E-state index in [2.05, 4.69) is 21.3 Å². The van der Waals surface area contributed by atoms with Gasteiger partial charge < -0.3 is 130 Å². The topological polar surface area (TPSA) is 517 Å². The largest absolute Gasteiger partial charge is 0.394 e. The lowest BCUT2D eigenvalue weighted by atomic mass is 9.96. The van der Waals surface area contributed by atoms with Gasteiger partial charge in [0.25, 0.3) is 11.8 Å². The summed E-state index contributed by atoms with van der Waals surface area (Å²) >= 11 is 0. The molecule has 86 heavy (non-hydrogen) atoms. The number of aliphatic hydroxyl groups excluding tert-OH is 13. The van der Waals surface area contributed by atoms with Gasteiger partial charge in [-0.2, -0.15) is 0 Å². The minimum atomic E-state index is -1.99. The number of carbonyl (C=O) groups is 7. The van der Waals surface area contributed by atoms with Crippen molar-refractivity contribution < 1.29 is 143 Å². The highest BCUT2D eigenvalue weighted by Crippen LogP contribution is 2.31. The van der Waals surface area contributed by atoms with Gasteiger partial charge in [0.05, 0.1) is 39.1 Å². The second-order valence-corrected chi connectivity index (χ2v) is 21.5. The third-order valence-corrected chi connectivity index (χ3v) is 14.9. The highest BCUT2D eigenvalue weighted by Gasteiger charge is 2.52.